The molecular formula is C21H32O4Si. The Morgan fingerprint density at radius 2 is 1.85 bits per heavy atom. The van der Waals surface area contributed by atoms with Gasteiger partial charge in [-0.2, -0.15) is 0 Å². The van der Waals surface area contributed by atoms with Crippen molar-refractivity contribution >= 4 is 14.3 Å². The highest BCUT2D eigenvalue weighted by Gasteiger charge is 2.43. The van der Waals surface area contributed by atoms with E-state index in [4.69, 9.17) is 13.9 Å². The molecule has 0 fully saturated rings. The Labute approximate surface area is 158 Å². The Hall–Kier alpha value is -1.43. The minimum Gasteiger partial charge on any atom is -0.466 e. The van der Waals surface area contributed by atoms with E-state index >= 15 is 0 Å². The van der Waals surface area contributed by atoms with Crippen LogP contribution in [0.15, 0.2) is 42.0 Å². The van der Waals surface area contributed by atoms with E-state index in [1.54, 1.807) is 0 Å². The fourth-order valence-electron chi connectivity index (χ4n) is 2.87. The standard InChI is InChI=1S/C21H32O4Si/c1-21(2,3)26(5,6)25-19-13-12-17(20(22)23-4)18(19)15-24-14-16-10-8-7-9-11-16/h7-12,18-19H,13-15H2,1-6H3/t18?,19-/m0/s1. The molecule has 2 rings (SSSR count). The van der Waals surface area contributed by atoms with Gasteiger partial charge in [-0.15, -0.1) is 0 Å². The van der Waals surface area contributed by atoms with Crippen LogP contribution in [-0.2, 0) is 25.3 Å². The lowest BCUT2D eigenvalue weighted by molar-refractivity contribution is -0.137. The highest BCUT2D eigenvalue weighted by Crippen LogP contribution is 2.41. The van der Waals surface area contributed by atoms with E-state index in [1.807, 2.05) is 36.4 Å². The molecule has 0 spiro atoms. The second-order valence-corrected chi connectivity index (χ2v) is 13.2. The van der Waals surface area contributed by atoms with Gasteiger partial charge < -0.3 is 13.9 Å². The SMILES string of the molecule is COC(=O)C1=CC[C@H](O[Si](C)(C)C(C)(C)C)C1COCc1ccccc1. The van der Waals surface area contributed by atoms with E-state index in [-0.39, 0.29) is 23.0 Å². The maximum Gasteiger partial charge on any atom is 0.333 e. The molecule has 0 aromatic heterocycles. The van der Waals surface area contributed by atoms with Crippen LogP contribution in [0.2, 0.25) is 18.1 Å². The monoisotopic (exact) mass is 376 g/mol. The van der Waals surface area contributed by atoms with Gasteiger partial charge in [0.1, 0.15) is 0 Å². The van der Waals surface area contributed by atoms with E-state index in [9.17, 15) is 4.79 Å². The van der Waals surface area contributed by atoms with Crippen LogP contribution in [0.1, 0.15) is 32.8 Å². The Balaban J connectivity index is 2.06. The maximum absolute atomic E-state index is 12.2. The van der Waals surface area contributed by atoms with E-state index in [1.165, 1.54) is 7.11 Å². The molecule has 1 aromatic rings. The quantitative estimate of drug-likeness (QED) is 0.510. The van der Waals surface area contributed by atoms with E-state index in [0.717, 1.165) is 12.0 Å². The summed E-state index contributed by atoms with van der Waals surface area (Å²) in [6.07, 6.45) is 2.66. The molecule has 1 unspecified atom stereocenters. The van der Waals surface area contributed by atoms with Crippen LogP contribution < -0.4 is 0 Å². The lowest BCUT2D eigenvalue weighted by Gasteiger charge is -2.40. The van der Waals surface area contributed by atoms with Gasteiger partial charge in [-0.3, -0.25) is 0 Å². The average Bonchev–Trinajstić information content (AvgIpc) is 2.96. The van der Waals surface area contributed by atoms with E-state index in [0.29, 0.717) is 18.8 Å². The van der Waals surface area contributed by atoms with Crippen molar-refractivity contribution in [1.29, 1.82) is 0 Å². The summed E-state index contributed by atoms with van der Waals surface area (Å²) < 4.78 is 17.5. The molecule has 1 aliphatic rings. The average molecular weight is 377 g/mol. The maximum atomic E-state index is 12.2. The number of hydrogen-bond acceptors (Lipinski definition) is 4. The first-order valence-corrected chi connectivity index (χ1v) is 12.1. The Morgan fingerprint density at radius 3 is 2.42 bits per heavy atom. The van der Waals surface area contributed by atoms with Crippen molar-refractivity contribution in [3.63, 3.8) is 0 Å². The molecule has 2 atom stereocenters. The predicted octanol–water partition coefficient (Wildman–Crippen LogP) is 4.71. The number of methoxy groups -OCH3 is 1. The van der Waals surface area contributed by atoms with Crippen LogP contribution in [0.4, 0.5) is 0 Å². The number of carbonyl (C=O) groups is 1. The summed E-state index contributed by atoms with van der Waals surface area (Å²) in [5, 5.41) is 0.121. The lowest BCUT2D eigenvalue weighted by Crippen LogP contribution is -2.46. The topological polar surface area (TPSA) is 44.8 Å². The molecule has 5 heteroatoms. The van der Waals surface area contributed by atoms with Crippen molar-refractivity contribution in [2.24, 2.45) is 5.92 Å². The minimum absolute atomic E-state index is 0.0271. The van der Waals surface area contributed by atoms with Crippen LogP contribution in [0.5, 0.6) is 0 Å². The fourth-order valence-corrected chi connectivity index (χ4v) is 4.24. The van der Waals surface area contributed by atoms with Crippen molar-refractivity contribution in [2.75, 3.05) is 13.7 Å². The largest absolute Gasteiger partial charge is 0.466 e. The highest BCUT2D eigenvalue weighted by molar-refractivity contribution is 6.74. The number of esters is 1. The number of ether oxygens (including phenoxy) is 2. The second-order valence-electron chi connectivity index (χ2n) is 8.41. The molecule has 26 heavy (non-hydrogen) atoms. The van der Waals surface area contributed by atoms with Crippen LogP contribution in [0.25, 0.3) is 0 Å². The predicted molar refractivity (Wildman–Crippen MR) is 106 cm³/mol. The van der Waals surface area contributed by atoms with Gasteiger partial charge in [0.25, 0.3) is 0 Å². The van der Waals surface area contributed by atoms with Gasteiger partial charge >= 0.3 is 5.97 Å². The molecule has 0 saturated heterocycles. The zero-order valence-corrected chi connectivity index (χ0v) is 17.9. The van der Waals surface area contributed by atoms with Gasteiger partial charge in [-0.1, -0.05) is 57.2 Å². The zero-order valence-electron chi connectivity index (χ0n) is 16.9. The first-order chi connectivity index (χ1) is 12.2. The second kappa shape index (κ2) is 8.50. The van der Waals surface area contributed by atoms with Gasteiger partial charge in [0.15, 0.2) is 8.32 Å². The summed E-state index contributed by atoms with van der Waals surface area (Å²) in [6.45, 7) is 12.1. The fraction of sp³-hybridized carbons (Fsp3) is 0.571. The van der Waals surface area contributed by atoms with Crippen LogP contribution in [-0.4, -0.2) is 34.1 Å². The van der Waals surface area contributed by atoms with Crippen molar-refractivity contribution in [3.05, 3.63) is 47.5 Å². The molecule has 1 aliphatic carbocycles. The van der Waals surface area contributed by atoms with Crippen LogP contribution in [0, 0.1) is 5.92 Å². The number of carbonyl (C=O) groups excluding carboxylic acids is 1. The molecule has 0 heterocycles. The van der Waals surface area contributed by atoms with Gasteiger partial charge in [-0.05, 0) is 30.1 Å². The molecule has 0 radical (unpaired) electrons. The molecule has 0 saturated carbocycles. The Kier molecular flexibility index (Phi) is 6.83. The third-order valence-corrected chi connectivity index (χ3v) is 10.0. The summed E-state index contributed by atoms with van der Waals surface area (Å²) in [5.41, 5.74) is 1.81. The van der Waals surface area contributed by atoms with E-state index < -0.39 is 8.32 Å². The zero-order chi connectivity index (χ0) is 19.4. The van der Waals surface area contributed by atoms with Crippen molar-refractivity contribution in [1.82, 2.24) is 0 Å². The van der Waals surface area contributed by atoms with Gasteiger partial charge in [-0.25, -0.2) is 4.79 Å². The van der Waals surface area contributed by atoms with Crippen molar-refractivity contribution < 1.29 is 18.7 Å². The van der Waals surface area contributed by atoms with Crippen LogP contribution >= 0.6 is 0 Å². The summed E-state index contributed by atoms with van der Waals surface area (Å²) in [5.74, 6) is -0.361. The van der Waals surface area contributed by atoms with Gasteiger partial charge in [0.05, 0.1) is 26.4 Å². The molecule has 4 nitrogen and oxygen atoms in total. The Morgan fingerprint density at radius 1 is 1.19 bits per heavy atom. The minimum atomic E-state index is -1.93. The van der Waals surface area contributed by atoms with Gasteiger partial charge in [0, 0.05) is 11.5 Å². The Bertz CT molecular complexity index is 631. The summed E-state index contributed by atoms with van der Waals surface area (Å²) >= 11 is 0. The first kappa shape index (κ1) is 20.9. The number of benzene rings is 1. The van der Waals surface area contributed by atoms with Crippen LogP contribution in [0.3, 0.4) is 0 Å². The molecular weight excluding hydrogens is 344 g/mol. The molecule has 0 N–H and O–H groups in total. The third-order valence-electron chi connectivity index (χ3n) is 5.50. The highest BCUT2D eigenvalue weighted by atomic mass is 28.4. The normalized spacial score (nSPS) is 20.8. The summed E-state index contributed by atoms with van der Waals surface area (Å²) in [4.78, 5) is 12.2. The molecule has 0 amide bonds. The van der Waals surface area contributed by atoms with Gasteiger partial charge in [0.2, 0.25) is 0 Å². The molecule has 1 aromatic carbocycles. The van der Waals surface area contributed by atoms with Crippen molar-refractivity contribution in [2.45, 2.75) is 58.0 Å². The summed E-state index contributed by atoms with van der Waals surface area (Å²) in [7, 11) is -0.507. The summed E-state index contributed by atoms with van der Waals surface area (Å²) in [6, 6.07) is 10.1. The molecule has 0 aliphatic heterocycles. The molecule has 0 bridgehead atoms. The first-order valence-electron chi connectivity index (χ1n) is 9.23. The van der Waals surface area contributed by atoms with Crippen molar-refractivity contribution in [3.8, 4) is 0 Å². The van der Waals surface area contributed by atoms with E-state index in [2.05, 4.69) is 33.9 Å². The smallest absolute Gasteiger partial charge is 0.333 e. The number of rotatable bonds is 7. The lowest BCUT2D eigenvalue weighted by atomic mass is 10.0. The number of hydrogen-bond donors (Lipinski definition) is 0. The third kappa shape index (κ3) is 5.06. The molecule has 144 valence electrons.